The second kappa shape index (κ2) is 7.63. The molecule has 0 aliphatic carbocycles. The number of para-hydroxylation sites is 2. The van der Waals surface area contributed by atoms with Crippen LogP contribution in [0.25, 0.3) is 11.0 Å². The molecule has 2 aromatic carbocycles. The molecule has 1 saturated heterocycles. The zero-order chi connectivity index (χ0) is 20.5. The van der Waals surface area contributed by atoms with Crippen molar-refractivity contribution in [2.24, 2.45) is 7.05 Å². The van der Waals surface area contributed by atoms with Gasteiger partial charge in [-0.25, -0.2) is 4.98 Å². The number of nitrogens with zero attached hydrogens (tertiary/aromatic N) is 5. The van der Waals surface area contributed by atoms with Gasteiger partial charge < -0.3 is 9.47 Å². The van der Waals surface area contributed by atoms with Gasteiger partial charge in [0, 0.05) is 50.4 Å². The van der Waals surface area contributed by atoms with Crippen LogP contribution in [0, 0.1) is 17.0 Å². The highest BCUT2D eigenvalue weighted by molar-refractivity contribution is 5.96. The number of amides is 1. The highest BCUT2D eigenvalue weighted by atomic mass is 16.6. The summed E-state index contributed by atoms with van der Waals surface area (Å²) in [5.41, 5.74) is 2.90. The predicted octanol–water partition coefficient (Wildman–Crippen LogP) is 2.75. The van der Waals surface area contributed by atoms with Crippen LogP contribution in [0.1, 0.15) is 21.7 Å². The monoisotopic (exact) mass is 393 g/mol. The first-order valence-electron chi connectivity index (χ1n) is 9.61. The number of hydrogen-bond acceptors (Lipinski definition) is 5. The lowest BCUT2D eigenvalue weighted by molar-refractivity contribution is -0.385. The van der Waals surface area contributed by atoms with E-state index in [4.69, 9.17) is 4.98 Å². The smallest absolute Gasteiger partial charge is 0.273 e. The maximum absolute atomic E-state index is 12.9. The van der Waals surface area contributed by atoms with E-state index in [1.54, 1.807) is 24.0 Å². The second-order valence-corrected chi connectivity index (χ2v) is 7.35. The van der Waals surface area contributed by atoms with Crippen LogP contribution >= 0.6 is 0 Å². The van der Waals surface area contributed by atoms with Crippen molar-refractivity contribution in [2.75, 3.05) is 26.2 Å². The number of carbonyl (C=O) groups is 1. The maximum atomic E-state index is 12.9. The van der Waals surface area contributed by atoms with E-state index in [1.165, 1.54) is 6.07 Å². The summed E-state index contributed by atoms with van der Waals surface area (Å²) in [6.45, 7) is 5.01. The van der Waals surface area contributed by atoms with Crippen molar-refractivity contribution in [2.45, 2.75) is 13.5 Å². The van der Waals surface area contributed by atoms with Gasteiger partial charge in [0.2, 0.25) is 0 Å². The number of nitro groups is 1. The zero-order valence-electron chi connectivity index (χ0n) is 16.5. The maximum Gasteiger partial charge on any atom is 0.273 e. The fraction of sp³-hybridized carbons (Fsp3) is 0.333. The van der Waals surface area contributed by atoms with E-state index in [0.717, 1.165) is 36.5 Å². The minimum atomic E-state index is -0.444. The summed E-state index contributed by atoms with van der Waals surface area (Å²) >= 11 is 0. The number of carbonyl (C=O) groups excluding carboxylic acids is 1. The fourth-order valence-corrected chi connectivity index (χ4v) is 3.87. The van der Waals surface area contributed by atoms with Crippen LogP contribution in [0.2, 0.25) is 0 Å². The van der Waals surface area contributed by atoms with Gasteiger partial charge in [0.05, 0.1) is 22.5 Å². The van der Waals surface area contributed by atoms with Crippen LogP contribution in [0.5, 0.6) is 0 Å². The minimum absolute atomic E-state index is 0.0173. The van der Waals surface area contributed by atoms with E-state index < -0.39 is 4.92 Å². The van der Waals surface area contributed by atoms with Crippen LogP contribution in [0.4, 0.5) is 5.69 Å². The Morgan fingerprint density at radius 3 is 2.52 bits per heavy atom. The van der Waals surface area contributed by atoms with Gasteiger partial charge in [-0.2, -0.15) is 0 Å². The third kappa shape index (κ3) is 3.58. The summed E-state index contributed by atoms with van der Waals surface area (Å²) in [7, 11) is 2.02. The molecule has 0 atom stereocenters. The summed E-state index contributed by atoms with van der Waals surface area (Å²) < 4.78 is 2.11. The standard InChI is InChI=1S/C21H23N5O3/c1-15-16(6-5-9-18(15)26(28)29)21(27)25-12-10-24(11-13-25)14-20-22-17-7-3-4-8-19(17)23(20)2/h3-9H,10-14H2,1-2H3. The number of fused-ring (bicyclic) bond motifs is 1. The van der Waals surface area contributed by atoms with Crippen molar-refractivity contribution in [1.29, 1.82) is 0 Å². The molecule has 0 spiro atoms. The first-order chi connectivity index (χ1) is 14.0. The molecule has 1 aliphatic rings. The molecular formula is C21H23N5O3. The van der Waals surface area contributed by atoms with Crippen molar-refractivity contribution in [3.8, 4) is 0 Å². The molecule has 0 saturated carbocycles. The van der Waals surface area contributed by atoms with Gasteiger partial charge in [-0.05, 0) is 25.1 Å². The topological polar surface area (TPSA) is 84.5 Å². The van der Waals surface area contributed by atoms with Gasteiger partial charge in [-0.15, -0.1) is 0 Å². The van der Waals surface area contributed by atoms with Gasteiger partial charge in [-0.3, -0.25) is 19.8 Å². The highest BCUT2D eigenvalue weighted by Crippen LogP contribution is 2.23. The molecule has 1 aromatic heterocycles. The van der Waals surface area contributed by atoms with Gasteiger partial charge >= 0.3 is 0 Å². The third-order valence-electron chi connectivity index (χ3n) is 5.64. The normalized spacial score (nSPS) is 15.0. The molecule has 1 fully saturated rings. The van der Waals surface area contributed by atoms with Crippen molar-refractivity contribution in [3.63, 3.8) is 0 Å². The van der Waals surface area contributed by atoms with Crippen LogP contribution < -0.4 is 0 Å². The van der Waals surface area contributed by atoms with E-state index in [9.17, 15) is 14.9 Å². The first-order valence-corrected chi connectivity index (χ1v) is 9.61. The predicted molar refractivity (Wildman–Crippen MR) is 110 cm³/mol. The molecule has 8 nitrogen and oxygen atoms in total. The summed E-state index contributed by atoms with van der Waals surface area (Å²) in [6, 6.07) is 12.7. The molecule has 4 rings (SSSR count). The van der Waals surface area contributed by atoms with Gasteiger partial charge in [0.25, 0.3) is 11.6 Å². The number of rotatable bonds is 4. The molecule has 0 bridgehead atoms. The molecule has 1 aliphatic heterocycles. The Hall–Kier alpha value is -3.26. The molecular weight excluding hydrogens is 370 g/mol. The molecule has 0 N–H and O–H groups in total. The molecule has 0 unspecified atom stereocenters. The van der Waals surface area contributed by atoms with Crippen LogP contribution in [-0.2, 0) is 13.6 Å². The van der Waals surface area contributed by atoms with Gasteiger partial charge in [-0.1, -0.05) is 18.2 Å². The summed E-state index contributed by atoms with van der Waals surface area (Å²) in [6.07, 6.45) is 0. The average molecular weight is 393 g/mol. The van der Waals surface area contributed by atoms with Crippen molar-refractivity contribution in [1.82, 2.24) is 19.4 Å². The van der Waals surface area contributed by atoms with Crippen molar-refractivity contribution >= 4 is 22.6 Å². The Morgan fingerprint density at radius 2 is 1.83 bits per heavy atom. The van der Waals surface area contributed by atoms with Crippen LogP contribution in [0.15, 0.2) is 42.5 Å². The van der Waals surface area contributed by atoms with Crippen LogP contribution in [0.3, 0.4) is 0 Å². The minimum Gasteiger partial charge on any atom is -0.336 e. The molecule has 1 amide bonds. The van der Waals surface area contributed by atoms with E-state index in [0.29, 0.717) is 24.2 Å². The Balaban J connectivity index is 1.43. The average Bonchev–Trinajstić information content (AvgIpc) is 3.04. The Kier molecular flexibility index (Phi) is 5.02. The SMILES string of the molecule is Cc1c(C(=O)N2CCN(Cc3nc4ccccc4n3C)CC2)cccc1[N+](=O)[O-]. The largest absolute Gasteiger partial charge is 0.336 e. The Morgan fingerprint density at radius 1 is 1.10 bits per heavy atom. The lowest BCUT2D eigenvalue weighted by Gasteiger charge is -2.34. The molecule has 0 radical (unpaired) electrons. The number of imidazole rings is 1. The quantitative estimate of drug-likeness (QED) is 0.503. The summed E-state index contributed by atoms with van der Waals surface area (Å²) in [4.78, 5) is 32.4. The van der Waals surface area contributed by atoms with Gasteiger partial charge in [0.1, 0.15) is 5.82 Å². The third-order valence-corrected chi connectivity index (χ3v) is 5.64. The number of hydrogen-bond donors (Lipinski definition) is 0. The highest BCUT2D eigenvalue weighted by Gasteiger charge is 2.26. The van der Waals surface area contributed by atoms with E-state index in [1.807, 2.05) is 25.2 Å². The number of benzene rings is 2. The molecule has 8 heteroatoms. The number of nitro benzene ring substituents is 1. The van der Waals surface area contributed by atoms with Crippen molar-refractivity contribution in [3.05, 3.63) is 69.5 Å². The Labute approximate surface area is 168 Å². The van der Waals surface area contributed by atoms with Crippen LogP contribution in [-0.4, -0.2) is 56.4 Å². The first kappa shape index (κ1) is 19.1. The molecule has 2 heterocycles. The number of aryl methyl sites for hydroxylation is 1. The van der Waals surface area contributed by atoms with E-state index in [-0.39, 0.29) is 11.6 Å². The summed E-state index contributed by atoms with van der Waals surface area (Å²) in [5.74, 6) is 0.856. The van der Waals surface area contributed by atoms with E-state index in [2.05, 4.69) is 15.5 Å². The molecule has 29 heavy (non-hydrogen) atoms. The molecule has 150 valence electrons. The number of piperazine rings is 1. The zero-order valence-corrected chi connectivity index (χ0v) is 16.5. The number of aromatic nitrogens is 2. The van der Waals surface area contributed by atoms with E-state index >= 15 is 0 Å². The fourth-order valence-electron chi connectivity index (χ4n) is 3.87. The summed E-state index contributed by atoms with van der Waals surface area (Å²) in [5, 5.41) is 11.1. The molecule has 3 aromatic rings. The Bertz CT molecular complexity index is 1080. The van der Waals surface area contributed by atoms with Crippen molar-refractivity contribution < 1.29 is 9.72 Å². The lowest BCUT2D eigenvalue weighted by Crippen LogP contribution is -2.48. The lowest BCUT2D eigenvalue weighted by atomic mass is 10.1. The second-order valence-electron chi connectivity index (χ2n) is 7.35. The van der Waals surface area contributed by atoms with Gasteiger partial charge in [0.15, 0.2) is 0 Å².